The fourth-order valence-corrected chi connectivity index (χ4v) is 4.75. The van der Waals surface area contributed by atoms with Gasteiger partial charge in [-0.1, -0.05) is 49.6 Å². The Morgan fingerprint density at radius 3 is 2.45 bits per heavy atom. The standard InChI is InChI=1S/C25H29NO5/c1-17(30-23(27)16-18-8-4-2-5-9-18)31-25(29)20-14-15-26-21(20)12-13-22(26)24(28)19-10-6-3-7-11-19/h3,6-7,10-13,17-18,20H,2,4-5,8-9,14-16H2,1H3. The average molecular weight is 424 g/mol. The Morgan fingerprint density at radius 2 is 1.71 bits per heavy atom. The number of nitrogens with zero attached hydrogens (tertiary/aromatic N) is 1. The molecule has 0 spiro atoms. The van der Waals surface area contributed by atoms with E-state index < -0.39 is 18.2 Å². The molecule has 0 bridgehead atoms. The van der Waals surface area contributed by atoms with Crippen molar-refractivity contribution in [2.45, 2.75) is 70.6 Å². The van der Waals surface area contributed by atoms with E-state index in [2.05, 4.69) is 0 Å². The van der Waals surface area contributed by atoms with Crippen LogP contribution in [0.1, 0.15) is 79.5 Å². The second-order valence-corrected chi connectivity index (χ2v) is 8.53. The van der Waals surface area contributed by atoms with Crippen LogP contribution in [0, 0.1) is 5.92 Å². The van der Waals surface area contributed by atoms with Gasteiger partial charge in [-0.2, -0.15) is 0 Å². The molecule has 1 aliphatic carbocycles. The molecule has 0 radical (unpaired) electrons. The van der Waals surface area contributed by atoms with Gasteiger partial charge in [-0.05, 0) is 37.3 Å². The molecule has 1 aromatic carbocycles. The Kier molecular flexibility index (Phi) is 6.54. The van der Waals surface area contributed by atoms with Crippen molar-refractivity contribution in [1.29, 1.82) is 0 Å². The molecule has 2 atom stereocenters. The largest absolute Gasteiger partial charge is 0.425 e. The third-order valence-electron chi connectivity index (χ3n) is 6.33. The van der Waals surface area contributed by atoms with Crippen molar-refractivity contribution in [3.8, 4) is 0 Å². The Hall–Kier alpha value is -2.89. The number of esters is 2. The van der Waals surface area contributed by atoms with E-state index in [1.807, 2.05) is 28.8 Å². The zero-order valence-corrected chi connectivity index (χ0v) is 17.9. The molecule has 31 heavy (non-hydrogen) atoms. The maximum absolute atomic E-state index is 12.8. The Labute approximate surface area is 182 Å². The summed E-state index contributed by atoms with van der Waals surface area (Å²) in [5, 5.41) is 0. The van der Waals surface area contributed by atoms with Gasteiger partial charge >= 0.3 is 11.9 Å². The molecule has 1 aliphatic heterocycles. The van der Waals surface area contributed by atoms with Crippen LogP contribution in [0.2, 0.25) is 0 Å². The van der Waals surface area contributed by atoms with E-state index in [0.717, 1.165) is 18.5 Å². The number of ether oxygens (including phenoxy) is 2. The van der Waals surface area contributed by atoms with E-state index in [1.165, 1.54) is 19.3 Å². The first kappa shape index (κ1) is 21.3. The van der Waals surface area contributed by atoms with Crippen LogP contribution in [0.4, 0.5) is 0 Å². The van der Waals surface area contributed by atoms with Crippen molar-refractivity contribution < 1.29 is 23.9 Å². The number of rotatable bonds is 7. The van der Waals surface area contributed by atoms with Gasteiger partial charge in [0.2, 0.25) is 12.1 Å². The molecule has 2 aromatic rings. The summed E-state index contributed by atoms with van der Waals surface area (Å²) in [6.07, 6.45) is 5.72. The highest BCUT2D eigenvalue weighted by atomic mass is 16.7. The highest BCUT2D eigenvalue weighted by molar-refractivity contribution is 6.08. The van der Waals surface area contributed by atoms with Gasteiger partial charge in [0.1, 0.15) is 0 Å². The lowest BCUT2D eigenvalue weighted by Gasteiger charge is -2.22. The summed E-state index contributed by atoms with van der Waals surface area (Å²) in [4.78, 5) is 37.7. The van der Waals surface area contributed by atoms with Crippen LogP contribution in [-0.4, -0.2) is 28.6 Å². The molecule has 164 valence electrons. The average Bonchev–Trinajstić information content (AvgIpc) is 3.36. The van der Waals surface area contributed by atoms with Gasteiger partial charge in [0, 0.05) is 31.1 Å². The number of ketones is 1. The number of carbonyl (C=O) groups excluding carboxylic acids is 3. The van der Waals surface area contributed by atoms with Crippen LogP contribution in [0.5, 0.6) is 0 Å². The predicted molar refractivity (Wildman–Crippen MR) is 115 cm³/mol. The Morgan fingerprint density at radius 1 is 0.968 bits per heavy atom. The molecule has 2 unspecified atom stereocenters. The summed E-state index contributed by atoms with van der Waals surface area (Å²) >= 11 is 0. The van der Waals surface area contributed by atoms with Gasteiger partial charge in [-0.3, -0.25) is 14.4 Å². The number of carbonyl (C=O) groups is 3. The van der Waals surface area contributed by atoms with Crippen molar-refractivity contribution in [3.63, 3.8) is 0 Å². The molecule has 2 aliphatic rings. The third kappa shape index (κ3) is 4.89. The quantitative estimate of drug-likeness (QED) is 0.369. The van der Waals surface area contributed by atoms with Crippen LogP contribution in [0.25, 0.3) is 0 Å². The summed E-state index contributed by atoms with van der Waals surface area (Å²) in [7, 11) is 0. The first-order chi connectivity index (χ1) is 15.0. The predicted octanol–water partition coefficient (Wildman–Crippen LogP) is 4.61. The zero-order chi connectivity index (χ0) is 21.8. The van der Waals surface area contributed by atoms with Crippen LogP contribution in [0.3, 0.4) is 0 Å². The lowest BCUT2D eigenvalue weighted by molar-refractivity contribution is -0.186. The second kappa shape index (κ2) is 9.50. The summed E-state index contributed by atoms with van der Waals surface area (Å²) in [6, 6.07) is 12.7. The summed E-state index contributed by atoms with van der Waals surface area (Å²) < 4.78 is 12.6. The Balaban J connectivity index is 1.34. The maximum Gasteiger partial charge on any atom is 0.318 e. The van der Waals surface area contributed by atoms with Crippen LogP contribution in [0.15, 0.2) is 42.5 Å². The first-order valence-corrected chi connectivity index (χ1v) is 11.2. The lowest BCUT2D eigenvalue weighted by atomic mass is 9.87. The SMILES string of the molecule is CC(OC(=O)CC1CCCCC1)OC(=O)C1CCn2c(C(=O)c3ccccc3)ccc21. The fourth-order valence-electron chi connectivity index (χ4n) is 4.75. The van der Waals surface area contributed by atoms with E-state index in [0.29, 0.717) is 36.6 Å². The molecule has 6 heteroatoms. The van der Waals surface area contributed by atoms with Crippen molar-refractivity contribution in [1.82, 2.24) is 4.57 Å². The van der Waals surface area contributed by atoms with Gasteiger partial charge in [0.25, 0.3) is 0 Å². The minimum absolute atomic E-state index is 0.0640. The van der Waals surface area contributed by atoms with Crippen molar-refractivity contribution in [2.24, 2.45) is 5.92 Å². The molecule has 0 amide bonds. The van der Waals surface area contributed by atoms with E-state index in [1.54, 1.807) is 25.1 Å². The molecule has 6 nitrogen and oxygen atoms in total. The molecule has 1 fully saturated rings. The smallest absolute Gasteiger partial charge is 0.318 e. The van der Waals surface area contributed by atoms with Crippen molar-refractivity contribution in [2.75, 3.05) is 0 Å². The number of benzene rings is 1. The molecule has 4 rings (SSSR count). The summed E-state index contributed by atoms with van der Waals surface area (Å²) in [5.74, 6) is -0.878. The van der Waals surface area contributed by atoms with E-state index >= 15 is 0 Å². The van der Waals surface area contributed by atoms with E-state index in [4.69, 9.17) is 9.47 Å². The fraction of sp³-hybridized carbons (Fsp3) is 0.480. The second-order valence-electron chi connectivity index (χ2n) is 8.53. The molecule has 2 heterocycles. The van der Waals surface area contributed by atoms with Crippen LogP contribution < -0.4 is 0 Å². The molecular weight excluding hydrogens is 394 g/mol. The highest BCUT2D eigenvalue weighted by Gasteiger charge is 2.34. The van der Waals surface area contributed by atoms with Crippen molar-refractivity contribution in [3.05, 3.63) is 59.4 Å². The Bertz CT molecular complexity index is 942. The van der Waals surface area contributed by atoms with E-state index in [-0.39, 0.29) is 11.8 Å². The zero-order valence-electron chi connectivity index (χ0n) is 17.9. The topological polar surface area (TPSA) is 74.6 Å². The highest BCUT2D eigenvalue weighted by Crippen LogP contribution is 2.33. The minimum Gasteiger partial charge on any atom is -0.425 e. The molecular formula is C25H29NO5. The molecule has 1 saturated carbocycles. The minimum atomic E-state index is -0.918. The van der Waals surface area contributed by atoms with Gasteiger partial charge in [-0.25, -0.2) is 0 Å². The first-order valence-electron chi connectivity index (χ1n) is 11.2. The molecule has 1 aromatic heterocycles. The molecule has 0 saturated heterocycles. The monoisotopic (exact) mass is 423 g/mol. The van der Waals surface area contributed by atoms with Gasteiger partial charge in [0.15, 0.2) is 0 Å². The van der Waals surface area contributed by atoms with Crippen LogP contribution in [-0.2, 0) is 25.6 Å². The number of hydrogen-bond acceptors (Lipinski definition) is 5. The summed E-state index contributed by atoms with van der Waals surface area (Å²) in [6.45, 7) is 2.15. The van der Waals surface area contributed by atoms with Crippen LogP contribution >= 0.6 is 0 Å². The number of hydrogen-bond donors (Lipinski definition) is 0. The summed E-state index contributed by atoms with van der Waals surface area (Å²) in [5.41, 5.74) is 1.96. The normalized spacial score (nSPS) is 19.5. The lowest BCUT2D eigenvalue weighted by Crippen LogP contribution is -2.26. The van der Waals surface area contributed by atoms with Crippen molar-refractivity contribution >= 4 is 17.7 Å². The maximum atomic E-state index is 12.8. The van der Waals surface area contributed by atoms with E-state index in [9.17, 15) is 14.4 Å². The van der Waals surface area contributed by atoms with Gasteiger partial charge in [0.05, 0.1) is 11.6 Å². The number of fused-ring (bicyclic) bond motifs is 1. The molecule has 0 N–H and O–H groups in total. The number of aromatic nitrogens is 1. The van der Waals surface area contributed by atoms with Gasteiger partial charge < -0.3 is 14.0 Å². The van der Waals surface area contributed by atoms with Gasteiger partial charge in [-0.15, -0.1) is 0 Å². The third-order valence-corrected chi connectivity index (χ3v) is 6.33.